The lowest BCUT2D eigenvalue weighted by atomic mass is 10.1. The second-order valence-corrected chi connectivity index (χ2v) is 4.89. The monoisotopic (exact) mass is 233 g/mol. The molecule has 2 rings (SSSR count). The van der Waals surface area contributed by atoms with E-state index in [1.54, 1.807) is 0 Å². The fourth-order valence-electron chi connectivity index (χ4n) is 2.47. The topological polar surface area (TPSA) is 42.1 Å². The van der Waals surface area contributed by atoms with Crippen LogP contribution in [-0.4, -0.2) is 18.1 Å². The van der Waals surface area contributed by atoms with Crippen LogP contribution in [0.15, 0.2) is 12.1 Å². The molecule has 1 atom stereocenters. The van der Waals surface area contributed by atoms with Gasteiger partial charge in [-0.25, -0.2) is 4.98 Å². The van der Waals surface area contributed by atoms with E-state index in [-0.39, 0.29) is 0 Å². The van der Waals surface area contributed by atoms with E-state index in [0.717, 1.165) is 36.9 Å². The van der Waals surface area contributed by atoms with Crippen molar-refractivity contribution in [1.29, 1.82) is 0 Å². The van der Waals surface area contributed by atoms with Gasteiger partial charge in [-0.3, -0.25) is 0 Å². The van der Waals surface area contributed by atoms with Crippen molar-refractivity contribution in [2.24, 2.45) is 11.7 Å². The zero-order valence-corrected chi connectivity index (χ0v) is 10.9. The molecule has 1 aromatic heterocycles. The van der Waals surface area contributed by atoms with Crippen molar-refractivity contribution in [3.8, 4) is 0 Å². The summed E-state index contributed by atoms with van der Waals surface area (Å²) in [6.45, 7) is 7.32. The minimum Gasteiger partial charge on any atom is -0.356 e. The summed E-state index contributed by atoms with van der Waals surface area (Å²) in [5.41, 5.74) is 8.10. The summed E-state index contributed by atoms with van der Waals surface area (Å²) in [4.78, 5) is 7.13. The molecule has 1 aliphatic rings. The molecule has 0 spiro atoms. The summed E-state index contributed by atoms with van der Waals surface area (Å²) in [5, 5.41) is 0. The molecule has 1 aliphatic heterocycles. The Balaban J connectivity index is 2.20. The van der Waals surface area contributed by atoms with E-state index in [9.17, 15) is 0 Å². The first-order valence-electron chi connectivity index (χ1n) is 6.71. The van der Waals surface area contributed by atoms with Crippen LogP contribution in [0.2, 0.25) is 0 Å². The Kier molecular flexibility index (Phi) is 4.00. The van der Waals surface area contributed by atoms with Crippen LogP contribution >= 0.6 is 0 Å². The molecule has 1 saturated heterocycles. The molecule has 0 bridgehead atoms. The average molecular weight is 233 g/mol. The molecule has 94 valence electrons. The van der Waals surface area contributed by atoms with Gasteiger partial charge in [0.1, 0.15) is 5.82 Å². The molecular weight excluding hydrogens is 210 g/mol. The van der Waals surface area contributed by atoms with Gasteiger partial charge in [-0.15, -0.1) is 0 Å². The number of nitrogens with zero attached hydrogens (tertiary/aromatic N) is 2. The standard InChI is InChI=1S/C14H23N3/c1-3-11-5-6-17(10-11)14-8-12(9-15)7-13(4-2)16-14/h7-8,11H,3-6,9-10,15H2,1-2H3. The molecule has 17 heavy (non-hydrogen) atoms. The van der Waals surface area contributed by atoms with Crippen LogP contribution in [0.3, 0.4) is 0 Å². The van der Waals surface area contributed by atoms with E-state index in [4.69, 9.17) is 10.7 Å². The van der Waals surface area contributed by atoms with Gasteiger partial charge in [-0.2, -0.15) is 0 Å². The van der Waals surface area contributed by atoms with E-state index >= 15 is 0 Å². The maximum Gasteiger partial charge on any atom is 0.129 e. The van der Waals surface area contributed by atoms with Gasteiger partial charge >= 0.3 is 0 Å². The molecule has 0 radical (unpaired) electrons. The third-order valence-electron chi connectivity index (χ3n) is 3.71. The zero-order chi connectivity index (χ0) is 12.3. The first-order valence-corrected chi connectivity index (χ1v) is 6.71. The van der Waals surface area contributed by atoms with Gasteiger partial charge in [0, 0.05) is 25.3 Å². The Bertz CT molecular complexity index is 353. The average Bonchev–Trinajstić information content (AvgIpc) is 2.86. The van der Waals surface area contributed by atoms with Crippen LogP contribution in [0.5, 0.6) is 0 Å². The minimum atomic E-state index is 0.605. The number of nitrogens with two attached hydrogens (primary N) is 1. The highest BCUT2D eigenvalue weighted by Gasteiger charge is 2.22. The number of aryl methyl sites for hydroxylation is 1. The van der Waals surface area contributed by atoms with E-state index in [2.05, 4.69) is 30.9 Å². The summed E-state index contributed by atoms with van der Waals surface area (Å²) in [5.74, 6) is 1.96. The van der Waals surface area contributed by atoms with Crippen molar-refractivity contribution in [3.05, 3.63) is 23.4 Å². The Hall–Kier alpha value is -1.09. The maximum absolute atomic E-state index is 5.75. The number of anilines is 1. The fraction of sp³-hybridized carbons (Fsp3) is 0.643. The SMILES string of the molecule is CCc1cc(CN)cc(N2CCC(CC)C2)n1. The van der Waals surface area contributed by atoms with Crippen LogP contribution in [-0.2, 0) is 13.0 Å². The van der Waals surface area contributed by atoms with Crippen molar-refractivity contribution >= 4 is 5.82 Å². The number of hydrogen-bond acceptors (Lipinski definition) is 3. The van der Waals surface area contributed by atoms with E-state index < -0.39 is 0 Å². The predicted octanol–water partition coefficient (Wildman–Crippen LogP) is 2.34. The molecule has 0 aliphatic carbocycles. The van der Waals surface area contributed by atoms with Crippen LogP contribution in [0.25, 0.3) is 0 Å². The van der Waals surface area contributed by atoms with Gasteiger partial charge in [0.05, 0.1) is 0 Å². The minimum absolute atomic E-state index is 0.605. The van der Waals surface area contributed by atoms with Gasteiger partial charge in [0.2, 0.25) is 0 Å². The van der Waals surface area contributed by atoms with Crippen LogP contribution < -0.4 is 10.6 Å². The van der Waals surface area contributed by atoms with E-state index in [1.165, 1.54) is 18.4 Å². The molecule has 0 amide bonds. The van der Waals surface area contributed by atoms with Crippen LogP contribution in [0.4, 0.5) is 5.82 Å². The molecule has 3 nitrogen and oxygen atoms in total. The molecule has 2 N–H and O–H groups in total. The van der Waals surface area contributed by atoms with Crippen LogP contribution in [0.1, 0.15) is 37.9 Å². The Morgan fingerprint density at radius 2 is 2.24 bits per heavy atom. The highest BCUT2D eigenvalue weighted by molar-refractivity contribution is 5.43. The second kappa shape index (κ2) is 5.50. The van der Waals surface area contributed by atoms with Gasteiger partial charge in [-0.1, -0.05) is 20.3 Å². The Morgan fingerprint density at radius 1 is 1.41 bits per heavy atom. The number of rotatable bonds is 4. The second-order valence-electron chi connectivity index (χ2n) is 4.89. The molecular formula is C14H23N3. The lowest BCUT2D eigenvalue weighted by Crippen LogP contribution is -2.21. The quantitative estimate of drug-likeness (QED) is 0.868. The summed E-state index contributed by atoms with van der Waals surface area (Å²) in [6, 6.07) is 4.27. The predicted molar refractivity (Wildman–Crippen MR) is 72.1 cm³/mol. The van der Waals surface area contributed by atoms with E-state index in [0.29, 0.717) is 6.54 Å². The molecule has 3 heteroatoms. The third-order valence-corrected chi connectivity index (χ3v) is 3.71. The van der Waals surface area contributed by atoms with Crippen molar-refractivity contribution in [3.63, 3.8) is 0 Å². The van der Waals surface area contributed by atoms with Crippen molar-refractivity contribution in [2.75, 3.05) is 18.0 Å². The largest absolute Gasteiger partial charge is 0.356 e. The van der Waals surface area contributed by atoms with Gasteiger partial charge in [0.25, 0.3) is 0 Å². The fourth-order valence-corrected chi connectivity index (χ4v) is 2.47. The zero-order valence-electron chi connectivity index (χ0n) is 10.9. The molecule has 1 unspecified atom stereocenters. The van der Waals surface area contributed by atoms with Gasteiger partial charge in [0.15, 0.2) is 0 Å². The third kappa shape index (κ3) is 2.78. The number of hydrogen-bond donors (Lipinski definition) is 1. The Morgan fingerprint density at radius 3 is 2.82 bits per heavy atom. The van der Waals surface area contributed by atoms with Crippen molar-refractivity contribution in [2.45, 2.75) is 39.7 Å². The molecule has 2 heterocycles. The smallest absolute Gasteiger partial charge is 0.129 e. The van der Waals surface area contributed by atoms with Gasteiger partial charge in [-0.05, 0) is 36.5 Å². The highest BCUT2D eigenvalue weighted by Crippen LogP contribution is 2.25. The first kappa shape index (κ1) is 12.4. The van der Waals surface area contributed by atoms with E-state index in [1.807, 2.05) is 0 Å². The Labute approximate surface area is 104 Å². The lowest BCUT2D eigenvalue weighted by Gasteiger charge is -2.19. The first-order chi connectivity index (χ1) is 8.26. The summed E-state index contributed by atoms with van der Waals surface area (Å²) < 4.78 is 0. The summed E-state index contributed by atoms with van der Waals surface area (Å²) in [6.07, 6.45) is 3.55. The molecule has 1 aromatic rings. The molecule has 0 aromatic carbocycles. The van der Waals surface area contributed by atoms with Crippen molar-refractivity contribution in [1.82, 2.24) is 4.98 Å². The van der Waals surface area contributed by atoms with Gasteiger partial charge < -0.3 is 10.6 Å². The normalized spacial score (nSPS) is 19.9. The maximum atomic E-state index is 5.75. The molecule has 1 fully saturated rings. The number of pyridine rings is 1. The van der Waals surface area contributed by atoms with Crippen molar-refractivity contribution < 1.29 is 0 Å². The number of aromatic nitrogens is 1. The van der Waals surface area contributed by atoms with Crippen LogP contribution in [0, 0.1) is 5.92 Å². The summed E-state index contributed by atoms with van der Waals surface area (Å²) >= 11 is 0. The highest BCUT2D eigenvalue weighted by atomic mass is 15.2. The molecule has 0 saturated carbocycles. The lowest BCUT2D eigenvalue weighted by molar-refractivity contribution is 0.568. The summed E-state index contributed by atoms with van der Waals surface area (Å²) in [7, 11) is 0.